The number of fused-ring (bicyclic) bond motifs is 1. The summed E-state index contributed by atoms with van der Waals surface area (Å²) in [5, 5.41) is 0. The van der Waals surface area contributed by atoms with E-state index in [2.05, 4.69) is 9.71 Å². The third-order valence-corrected chi connectivity index (χ3v) is 8.09. The van der Waals surface area contributed by atoms with Crippen LogP contribution in [0.1, 0.15) is 15.9 Å². The van der Waals surface area contributed by atoms with Gasteiger partial charge in [0.15, 0.2) is 4.80 Å². The molecule has 0 aliphatic heterocycles. The number of nitrogens with one attached hydrogen (secondary N) is 1. The lowest BCUT2D eigenvalue weighted by atomic mass is 10.2. The molecule has 0 saturated carbocycles. The van der Waals surface area contributed by atoms with Crippen molar-refractivity contribution >= 4 is 43.2 Å². The fraction of sp³-hybridized carbons (Fsp3) is 0.231. The van der Waals surface area contributed by atoms with E-state index in [0.717, 1.165) is 15.8 Å². The van der Waals surface area contributed by atoms with Crippen LogP contribution in [0, 0.1) is 6.92 Å². The second-order valence-electron chi connectivity index (χ2n) is 8.09. The van der Waals surface area contributed by atoms with Gasteiger partial charge in [0.25, 0.3) is 15.9 Å². The predicted octanol–water partition coefficient (Wildman–Crippen LogP) is 4.22. The number of anilines is 1. The number of carbonyl (C=O) groups is 1. The maximum Gasteiger partial charge on any atom is 0.279 e. The Bertz CT molecular complexity index is 1610. The van der Waals surface area contributed by atoms with Crippen LogP contribution in [0.4, 0.5) is 5.69 Å². The summed E-state index contributed by atoms with van der Waals surface area (Å²) < 4.78 is 47.1. The highest BCUT2D eigenvalue weighted by molar-refractivity contribution is 7.92. The molecule has 194 valence electrons. The van der Waals surface area contributed by atoms with Crippen LogP contribution in [-0.2, 0) is 21.3 Å². The average Bonchev–Trinajstić information content (AvgIpc) is 3.24. The first-order chi connectivity index (χ1) is 17.8. The lowest BCUT2D eigenvalue weighted by Gasteiger charge is -2.10. The van der Waals surface area contributed by atoms with Crippen molar-refractivity contribution in [1.82, 2.24) is 4.57 Å². The summed E-state index contributed by atoms with van der Waals surface area (Å²) in [4.78, 5) is 18.1. The van der Waals surface area contributed by atoms with E-state index < -0.39 is 15.9 Å². The van der Waals surface area contributed by atoms with Crippen LogP contribution in [0.2, 0.25) is 0 Å². The van der Waals surface area contributed by atoms with Crippen LogP contribution in [-0.4, -0.2) is 46.8 Å². The van der Waals surface area contributed by atoms with Crippen molar-refractivity contribution < 1.29 is 27.4 Å². The average molecular weight is 542 g/mol. The third kappa shape index (κ3) is 5.68. The Labute approximate surface area is 219 Å². The first kappa shape index (κ1) is 26.4. The molecule has 0 aliphatic carbocycles. The molecule has 1 heterocycles. The van der Waals surface area contributed by atoms with Crippen molar-refractivity contribution in [2.75, 3.05) is 32.7 Å². The second kappa shape index (κ2) is 11.2. The normalized spacial score (nSPS) is 12.1. The maximum atomic E-state index is 13.2. The molecule has 0 fully saturated rings. The summed E-state index contributed by atoms with van der Waals surface area (Å²) in [6.07, 6.45) is 0. The van der Waals surface area contributed by atoms with E-state index in [-0.39, 0.29) is 16.1 Å². The molecule has 37 heavy (non-hydrogen) atoms. The standard InChI is InChI=1S/C26H27N3O6S2/c1-17-8-10-20(11-9-17)37(31,32)28-19-7-5-6-18(16-19)25(30)27-26-29(14-15-33-2)23-21(34-3)12-13-22(35-4)24(23)36-26/h5-13,16,28H,14-15H2,1-4H3. The molecule has 11 heteroatoms. The minimum atomic E-state index is -3.82. The topological polar surface area (TPSA) is 108 Å². The van der Waals surface area contributed by atoms with Gasteiger partial charge in [-0.25, -0.2) is 8.42 Å². The Morgan fingerprint density at radius 3 is 2.38 bits per heavy atom. The smallest absolute Gasteiger partial charge is 0.279 e. The van der Waals surface area contributed by atoms with E-state index in [1.807, 2.05) is 11.5 Å². The Kier molecular flexibility index (Phi) is 7.96. The fourth-order valence-electron chi connectivity index (χ4n) is 3.73. The molecule has 3 aromatic carbocycles. The SMILES string of the molecule is COCCn1c(=NC(=O)c2cccc(NS(=O)(=O)c3ccc(C)cc3)c2)sc2c(OC)ccc(OC)c21. The van der Waals surface area contributed by atoms with Crippen LogP contribution in [0.3, 0.4) is 0 Å². The molecular weight excluding hydrogens is 514 g/mol. The molecule has 1 amide bonds. The number of sulfonamides is 1. The van der Waals surface area contributed by atoms with E-state index in [9.17, 15) is 13.2 Å². The van der Waals surface area contributed by atoms with Gasteiger partial charge in [-0.1, -0.05) is 35.1 Å². The molecular formula is C26H27N3O6S2. The zero-order valence-electron chi connectivity index (χ0n) is 20.8. The Morgan fingerprint density at radius 1 is 1.00 bits per heavy atom. The Hall–Kier alpha value is -3.67. The number of hydrogen-bond donors (Lipinski definition) is 1. The lowest BCUT2D eigenvalue weighted by molar-refractivity contribution is 0.0997. The summed E-state index contributed by atoms with van der Waals surface area (Å²) in [5.41, 5.74) is 2.19. The number of aryl methyl sites for hydroxylation is 1. The maximum absolute atomic E-state index is 13.2. The number of thiazole rings is 1. The summed E-state index contributed by atoms with van der Waals surface area (Å²) in [5.74, 6) is 0.727. The molecule has 0 spiro atoms. The van der Waals surface area contributed by atoms with Crippen molar-refractivity contribution in [1.29, 1.82) is 0 Å². The van der Waals surface area contributed by atoms with Gasteiger partial charge in [0.05, 0.1) is 25.7 Å². The van der Waals surface area contributed by atoms with Crippen molar-refractivity contribution in [3.8, 4) is 11.5 Å². The number of carbonyl (C=O) groups excluding carboxylic acids is 1. The van der Waals surface area contributed by atoms with E-state index in [1.54, 1.807) is 63.8 Å². The number of methoxy groups -OCH3 is 3. The highest BCUT2D eigenvalue weighted by Crippen LogP contribution is 2.35. The molecule has 0 radical (unpaired) electrons. The van der Waals surface area contributed by atoms with Crippen LogP contribution in [0.5, 0.6) is 11.5 Å². The van der Waals surface area contributed by atoms with Gasteiger partial charge in [-0.05, 0) is 49.4 Å². The van der Waals surface area contributed by atoms with Gasteiger partial charge in [0, 0.05) is 24.9 Å². The molecule has 0 aliphatic rings. The van der Waals surface area contributed by atoms with Crippen molar-refractivity contribution in [2.45, 2.75) is 18.4 Å². The number of nitrogens with zero attached hydrogens (tertiary/aromatic N) is 2. The fourth-order valence-corrected chi connectivity index (χ4v) is 5.94. The van der Waals surface area contributed by atoms with Gasteiger partial charge in [0.1, 0.15) is 21.7 Å². The summed E-state index contributed by atoms with van der Waals surface area (Å²) in [6.45, 7) is 2.70. The van der Waals surface area contributed by atoms with Gasteiger partial charge >= 0.3 is 0 Å². The van der Waals surface area contributed by atoms with E-state index in [0.29, 0.717) is 29.5 Å². The molecule has 0 atom stereocenters. The van der Waals surface area contributed by atoms with E-state index >= 15 is 0 Å². The molecule has 9 nitrogen and oxygen atoms in total. The number of hydrogen-bond acceptors (Lipinski definition) is 7. The lowest BCUT2D eigenvalue weighted by Crippen LogP contribution is -2.19. The number of aromatic nitrogens is 1. The van der Waals surface area contributed by atoms with Crippen molar-refractivity contribution in [3.63, 3.8) is 0 Å². The van der Waals surface area contributed by atoms with Gasteiger partial charge in [-0.15, -0.1) is 0 Å². The first-order valence-corrected chi connectivity index (χ1v) is 13.6. The minimum absolute atomic E-state index is 0.131. The van der Waals surface area contributed by atoms with Crippen molar-refractivity contribution in [2.24, 2.45) is 4.99 Å². The molecule has 1 aromatic heterocycles. The highest BCUT2D eigenvalue weighted by atomic mass is 32.2. The summed E-state index contributed by atoms with van der Waals surface area (Å²) in [6, 6.07) is 16.3. The van der Waals surface area contributed by atoms with Crippen LogP contribution >= 0.6 is 11.3 Å². The monoisotopic (exact) mass is 541 g/mol. The highest BCUT2D eigenvalue weighted by Gasteiger charge is 2.18. The summed E-state index contributed by atoms with van der Waals surface area (Å²) >= 11 is 1.29. The third-order valence-electron chi connectivity index (χ3n) is 5.60. The number of rotatable bonds is 9. The zero-order valence-corrected chi connectivity index (χ0v) is 22.5. The Morgan fingerprint density at radius 2 is 1.70 bits per heavy atom. The van der Waals surface area contributed by atoms with Crippen LogP contribution in [0.25, 0.3) is 10.2 Å². The number of benzene rings is 3. The molecule has 4 rings (SSSR count). The van der Waals surface area contributed by atoms with Gasteiger partial charge in [-0.2, -0.15) is 4.99 Å². The number of ether oxygens (including phenoxy) is 3. The molecule has 4 aromatic rings. The minimum Gasteiger partial charge on any atom is -0.495 e. The molecule has 0 bridgehead atoms. The van der Waals surface area contributed by atoms with Gasteiger partial charge in [-0.3, -0.25) is 9.52 Å². The Balaban J connectivity index is 1.73. The van der Waals surface area contributed by atoms with Crippen molar-refractivity contribution in [3.05, 3.63) is 76.6 Å². The first-order valence-electron chi connectivity index (χ1n) is 11.3. The van der Waals surface area contributed by atoms with E-state index in [1.165, 1.54) is 29.5 Å². The summed E-state index contributed by atoms with van der Waals surface area (Å²) in [7, 11) is 0.928. The zero-order chi connectivity index (χ0) is 26.6. The molecule has 0 unspecified atom stereocenters. The quantitative estimate of drug-likeness (QED) is 0.340. The van der Waals surface area contributed by atoms with Crippen LogP contribution < -0.4 is 19.0 Å². The predicted molar refractivity (Wildman–Crippen MR) is 143 cm³/mol. The van der Waals surface area contributed by atoms with E-state index in [4.69, 9.17) is 14.2 Å². The van der Waals surface area contributed by atoms with Gasteiger partial charge < -0.3 is 18.8 Å². The molecule has 1 N–H and O–H groups in total. The molecule has 0 saturated heterocycles. The van der Waals surface area contributed by atoms with Crippen LogP contribution in [0.15, 0.2) is 70.6 Å². The largest absolute Gasteiger partial charge is 0.495 e. The number of amides is 1. The van der Waals surface area contributed by atoms with Gasteiger partial charge in [0.2, 0.25) is 0 Å². The second-order valence-corrected chi connectivity index (χ2v) is 10.8.